The highest BCUT2D eigenvalue weighted by Crippen LogP contribution is 2.28. The van der Waals surface area contributed by atoms with Gasteiger partial charge in [0.2, 0.25) is 10.0 Å². The van der Waals surface area contributed by atoms with E-state index in [1.54, 1.807) is 30.6 Å². The van der Waals surface area contributed by atoms with Crippen LogP contribution < -0.4 is 0 Å². The molecule has 2 rings (SSSR count). The number of pyridine rings is 1. The Labute approximate surface area is 141 Å². The normalized spacial score (nSPS) is 11.8. The van der Waals surface area contributed by atoms with Crippen LogP contribution in [0, 0.1) is 0 Å². The van der Waals surface area contributed by atoms with Crippen LogP contribution in [0.4, 0.5) is 0 Å². The van der Waals surface area contributed by atoms with E-state index in [0.29, 0.717) is 17.6 Å². The highest BCUT2D eigenvalue weighted by molar-refractivity contribution is 9.11. The molecule has 0 saturated heterocycles. The zero-order valence-corrected chi connectivity index (χ0v) is 15.3. The van der Waals surface area contributed by atoms with E-state index < -0.39 is 10.0 Å². The van der Waals surface area contributed by atoms with Gasteiger partial charge in [0, 0.05) is 34.4 Å². The number of hydrogen-bond acceptors (Lipinski definition) is 3. The molecule has 21 heavy (non-hydrogen) atoms. The third-order valence-corrected chi connectivity index (χ3v) is 6.36. The van der Waals surface area contributed by atoms with Crippen molar-refractivity contribution in [2.75, 3.05) is 6.54 Å². The summed E-state index contributed by atoms with van der Waals surface area (Å²) in [5.41, 5.74) is 0.906. The molecule has 112 valence electrons. The summed E-state index contributed by atoms with van der Waals surface area (Å²) in [7, 11) is -3.55. The minimum atomic E-state index is -3.55. The quantitative estimate of drug-likeness (QED) is 0.720. The molecule has 1 aromatic heterocycles. The van der Waals surface area contributed by atoms with Gasteiger partial charge in [-0.1, -0.05) is 22.9 Å². The Morgan fingerprint density at radius 3 is 2.38 bits per heavy atom. The van der Waals surface area contributed by atoms with Gasteiger partial charge in [0.1, 0.15) is 0 Å². The van der Waals surface area contributed by atoms with Crippen molar-refractivity contribution in [3.63, 3.8) is 0 Å². The van der Waals surface area contributed by atoms with Crippen LogP contribution in [0.1, 0.15) is 12.5 Å². The van der Waals surface area contributed by atoms with Crippen LogP contribution in [0.2, 0.25) is 0 Å². The average molecular weight is 434 g/mol. The summed E-state index contributed by atoms with van der Waals surface area (Å²) in [6, 6.07) is 8.67. The minimum Gasteiger partial charge on any atom is -0.265 e. The molecule has 7 heteroatoms. The maximum Gasteiger partial charge on any atom is 0.244 e. The number of hydrogen-bond donors (Lipinski definition) is 0. The summed E-state index contributed by atoms with van der Waals surface area (Å²) < 4.78 is 28.3. The van der Waals surface area contributed by atoms with E-state index in [9.17, 15) is 8.42 Å². The molecule has 2 aromatic rings. The smallest absolute Gasteiger partial charge is 0.244 e. The second kappa shape index (κ2) is 7.00. The summed E-state index contributed by atoms with van der Waals surface area (Å²) in [5, 5.41) is 0. The van der Waals surface area contributed by atoms with Crippen molar-refractivity contribution in [1.82, 2.24) is 9.29 Å². The van der Waals surface area contributed by atoms with Gasteiger partial charge < -0.3 is 0 Å². The number of nitrogens with zero attached hydrogens (tertiary/aromatic N) is 2. The van der Waals surface area contributed by atoms with E-state index in [1.807, 2.05) is 19.1 Å². The number of halogens is 2. The van der Waals surface area contributed by atoms with E-state index in [-0.39, 0.29) is 4.90 Å². The molecule has 0 radical (unpaired) electrons. The lowest BCUT2D eigenvalue weighted by Gasteiger charge is -2.21. The Balaban J connectivity index is 2.36. The topological polar surface area (TPSA) is 50.3 Å². The molecule has 0 unspecified atom stereocenters. The van der Waals surface area contributed by atoms with Gasteiger partial charge in [0.15, 0.2) is 0 Å². The SMILES string of the molecule is CCN(Cc1ccncc1)S(=O)(=O)c1ccc(Br)cc1Br. The Bertz CT molecular complexity index is 721. The molecular formula is C14H14Br2N2O2S. The highest BCUT2D eigenvalue weighted by Gasteiger charge is 2.25. The molecule has 0 aliphatic rings. The number of aromatic nitrogens is 1. The molecule has 4 nitrogen and oxygen atoms in total. The molecule has 0 aliphatic carbocycles. The van der Waals surface area contributed by atoms with Crippen molar-refractivity contribution >= 4 is 41.9 Å². The second-order valence-corrected chi connectivity index (χ2v) is 8.04. The first kappa shape index (κ1) is 16.6. The molecule has 1 heterocycles. The lowest BCUT2D eigenvalue weighted by molar-refractivity contribution is 0.423. The summed E-state index contributed by atoms with van der Waals surface area (Å²) in [6.07, 6.45) is 3.32. The number of rotatable bonds is 5. The van der Waals surface area contributed by atoms with E-state index >= 15 is 0 Å². The zero-order valence-electron chi connectivity index (χ0n) is 11.3. The van der Waals surface area contributed by atoms with Gasteiger partial charge >= 0.3 is 0 Å². The van der Waals surface area contributed by atoms with Crippen LogP contribution in [-0.2, 0) is 16.6 Å². The first-order valence-corrected chi connectivity index (χ1v) is 9.32. The molecule has 0 aliphatic heterocycles. The molecule has 0 saturated carbocycles. The Kier molecular flexibility index (Phi) is 5.54. The molecular weight excluding hydrogens is 420 g/mol. The fourth-order valence-corrected chi connectivity index (χ4v) is 5.03. The lowest BCUT2D eigenvalue weighted by Crippen LogP contribution is -2.30. The van der Waals surface area contributed by atoms with Crippen LogP contribution >= 0.6 is 31.9 Å². The largest absolute Gasteiger partial charge is 0.265 e. The van der Waals surface area contributed by atoms with E-state index in [0.717, 1.165) is 10.0 Å². The van der Waals surface area contributed by atoms with Gasteiger partial charge in [-0.3, -0.25) is 4.98 Å². The maximum absolute atomic E-state index is 12.8. The van der Waals surface area contributed by atoms with Crippen LogP contribution in [0.25, 0.3) is 0 Å². The molecule has 0 spiro atoms. The molecule has 0 bridgehead atoms. The number of sulfonamides is 1. The summed E-state index contributed by atoms with van der Waals surface area (Å²) in [6.45, 7) is 2.54. The monoisotopic (exact) mass is 432 g/mol. The van der Waals surface area contributed by atoms with Crippen LogP contribution in [-0.4, -0.2) is 24.3 Å². The zero-order chi connectivity index (χ0) is 15.5. The summed E-state index contributed by atoms with van der Waals surface area (Å²) >= 11 is 6.65. The first-order chi connectivity index (χ1) is 9.95. The van der Waals surface area contributed by atoms with Gasteiger partial charge in [-0.05, 0) is 51.8 Å². The maximum atomic E-state index is 12.8. The van der Waals surface area contributed by atoms with Crippen LogP contribution in [0.15, 0.2) is 56.6 Å². The second-order valence-electron chi connectivity index (χ2n) is 4.36. The number of benzene rings is 1. The van der Waals surface area contributed by atoms with E-state index in [4.69, 9.17) is 0 Å². The molecule has 1 aromatic carbocycles. The molecule has 0 N–H and O–H groups in total. The van der Waals surface area contributed by atoms with Gasteiger partial charge in [0.05, 0.1) is 4.90 Å². The van der Waals surface area contributed by atoms with E-state index in [2.05, 4.69) is 36.8 Å². The van der Waals surface area contributed by atoms with Crippen molar-refractivity contribution in [3.05, 3.63) is 57.2 Å². The van der Waals surface area contributed by atoms with Crippen molar-refractivity contribution < 1.29 is 8.42 Å². The van der Waals surface area contributed by atoms with Crippen molar-refractivity contribution in [3.8, 4) is 0 Å². The van der Waals surface area contributed by atoms with Crippen LogP contribution in [0.3, 0.4) is 0 Å². The van der Waals surface area contributed by atoms with Gasteiger partial charge in [-0.15, -0.1) is 0 Å². The Hall–Kier alpha value is -0.760. The van der Waals surface area contributed by atoms with Gasteiger partial charge in [-0.2, -0.15) is 4.31 Å². The minimum absolute atomic E-state index is 0.265. The Morgan fingerprint density at radius 2 is 1.81 bits per heavy atom. The fourth-order valence-electron chi connectivity index (χ4n) is 1.88. The average Bonchev–Trinajstić information content (AvgIpc) is 2.45. The van der Waals surface area contributed by atoms with Crippen molar-refractivity contribution in [2.24, 2.45) is 0 Å². The molecule has 0 amide bonds. The third-order valence-electron chi connectivity index (χ3n) is 2.97. The first-order valence-electron chi connectivity index (χ1n) is 6.29. The predicted molar refractivity (Wildman–Crippen MR) is 89.3 cm³/mol. The van der Waals surface area contributed by atoms with Gasteiger partial charge in [-0.25, -0.2) is 8.42 Å². The van der Waals surface area contributed by atoms with Crippen molar-refractivity contribution in [1.29, 1.82) is 0 Å². The lowest BCUT2D eigenvalue weighted by atomic mass is 10.3. The standard InChI is InChI=1S/C14H14Br2N2O2S/c1-2-18(10-11-5-7-17-8-6-11)21(19,20)14-4-3-12(15)9-13(14)16/h3-9H,2,10H2,1H3. The third kappa shape index (κ3) is 3.91. The summed E-state index contributed by atoms with van der Waals surface area (Å²) in [4.78, 5) is 4.21. The van der Waals surface area contributed by atoms with Crippen molar-refractivity contribution in [2.45, 2.75) is 18.4 Å². The Morgan fingerprint density at radius 1 is 1.14 bits per heavy atom. The molecule has 0 fully saturated rings. The summed E-state index contributed by atoms with van der Waals surface area (Å²) in [5.74, 6) is 0. The molecule has 0 atom stereocenters. The highest BCUT2D eigenvalue weighted by atomic mass is 79.9. The predicted octanol–water partition coefficient (Wildman–Crippen LogP) is 3.82. The van der Waals surface area contributed by atoms with Gasteiger partial charge in [0.25, 0.3) is 0 Å². The fraction of sp³-hybridized carbons (Fsp3) is 0.214. The van der Waals surface area contributed by atoms with E-state index in [1.165, 1.54) is 4.31 Å². The van der Waals surface area contributed by atoms with Crippen LogP contribution in [0.5, 0.6) is 0 Å².